The largest absolute Gasteiger partial charge is 0.370 e. The van der Waals surface area contributed by atoms with Crippen LogP contribution in [-0.2, 0) is 6.42 Å². The molecule has 0 aromatic carbocycles. The number of rotatable bonds is 3. The molecule has 0 aliphatic carbocycles. The average Bonchev–Trinajstić information content (AvgIpc) is 2.53. The Bertz CT molecular complexity index is 309. The van der Waals surface area contributed by atoms with Crippen LogP contribution in [0, 0.1) is 0 Å². The quantitative estimate of drug-likeness (QED) is 0.610. The van der Waals surface area contributed by atoms with Crippen LogP contribution < -0.4 is 11.1 Å². The van der Waals surface area contributed by atoms with E-state index in [9.17, 15) is 0 Å². The van der Waals surface area contributed by atoms with Gasteiger partial charge in [0.15, 0.2) is 5.96 Å². The highest BCUT2D eigenvalue weighted by Crippen LogP contribution is 2.06. The molecular weight excluding hydrogens is 206 g/mol. The van der Waals surface area contributed by atoms with Crippen LogP contribution in [-0.4, -0.2) is 18.0 Å². The maximum atomic E-state index is 5.74. The lowest BCUT2D eigenvalue weighted by Gasteiger charge is -2.20. The molecule has 0 aliphatic heterocycles. The molecule has 1 aromatic heterocycles. The molecule has 0 aliphatic rings. The summed E-state index contributed by atoms with van der Waals surface area (Å²) >= 11 is 1.71. The third-order valence-corrected chi connectivity index (χ3v) is 2.50. The zero-order valence-corrected chi connectivity index (χ0v) is 10.4. The molecule has 0 unspecified atom stereocenters. The number of nitrogens with two attached hydrogens (primary N) is 1. The monoisotopic (exact) mass is 225 g/mol. The summed E-state index contributed by atoms with van der Waals surface area (Å²) in [7, 11) is 0. The van der Waals surface area contributed by atoms with Crippen LogP contribution in [0.15, 0.2) is 21.8 Å². The summed E-state index contributed by atoms with van der Waals surface area (Å²) in [6.07, 6.45) is 0.954. The zero-order valence-electron chi connectivity index (χ0n) is 9.58. The number of thiophene rings is 1. The molecule has 0 atom stereocenters. The number of guanidine groups is 1. The molecule has 1 aromatic rings. The Kier molecular flexibility index (Phi) is 4.15. The molecule has 0 fully saturated rings. The first-order chi connectivity index (χ1) is 6.97. The molecule has 84 valence electrons. The molecule has 1 heterocycles. The van der Waals surface area contributed by atoms with Crippen LogP contribution in [0.1, 0.15) is 26.3 Å². The highest BCUT2D eigenvalue weighted by molar-refractivity contribution is 7.07. The van der Waals surface area contributed by atoms with E-state index in [4.69, 9.17) is 5.73 Å². The Hall–Kier alpha value is -1.03. The molecule has 0 radical (unpaired) electrons. The molecule has 15 heavy (non-hydrogen) atoms. The first-order valence-corrected chi connectivity index (χ1v) is 6.01. The van der Waals surface area contributed by atoms with Crippen molar-refractivity contribution in [3.05, 3.63) is 22.4 Å². The second-order valence-electron chi connectivity index (χ2n) is 4.52. The zero-order chi connectivity index (χ0) is 11.3. The molecule has 1 rings (SSSR count). The van der Waals surface area contributed by atoms with E-state index in [2.05, 4.69) is 47.9 Å². The van der Waals surface area contributed by atoms with E-state index in [0.717, 1.165) is 13.0 Å². The third kappa shape index (κ3) is 5.42. The van der Waals surface area contributed by atoms with Gasteiger partial charge in [-0.2, -0.15) is 11.3 Å². The normalized spacial score (nSPS) is 12.9. The standard InChI is InChI=1S/C11H19N3S/c1-11(2,3)14-10(12)13-6-4-9-5-7-15-8-9/h5,7-8H,4,6H2,1-3H3,(H3,12,13,14). The van der Waals surface area contributed by atoms with Gasteiger partial charge < -0.3 is 11.1 Å². The Morgan fingerprint density at radius 1 is 1.53 bits per heavy atom. The lowest BCUT2D eigenvalue weighted by atomic mass is 10.1. The van der Waals surface area contributed by atoms with Crippen molar-refractivity contribution in [2.24, 2.45) is 10.7 Å². The molecule has 3 N–H and O–H groups in total. The molecule has 0 saturated heterocycles. The Balaban J connectivity index is 2.32. The Morgan fingerprint density at radius 3 is 2.80 bits per heavy atom. The summed E-state index contributed by atoms with van der Waals surface area (Å²) in [5.74, 6) is 0.526. The topological polar surface area (TPSA) is 50.4 Å². The van der Waals surface area contributed by atoms with E-state index in [1.807, 2.05) is 0 Å². The predicted molar refractivity (Wildman–Crippen MR) is 67.4 cm³/mol. The molecule has 0 saturated carbocycles. The summed E-state index contributed by atoms with van der Waals surface area (Å²) in [5, 5.41) is 7.35. The number of hydrogen-bond acceptors (Lipinski definition) is 2. The van der Waals surface area contributed by atoms with Crippen LogP contribution in [0.25, 0.3) is 0 Å². The minimum Gasteiger partial charge on any atom is -0.370 e. The maximum absolute atomic E-state index is 5.74. The minimum atomic E-state index is -0.0179. The lowest BCUT2D eigenvalue weighted by Crippen LogP contribution is -2.45. The second kappa shape index (κ2) is 5.16. The van der Waals surface area contributed by atoms with E-state index in [0.29, 0.717) is 5.96 Å². The van der Waals surface area contributed by atoms with E-state index >= 15 is 0 Å². The Labute approximate surface area is 95.4 Å². The lowest BCUT2D eigenvalue weighted by molar-refractivity contribution is 0.508. The van der Waals surface area contributed by atoms with Gasteiger partial charge in [0.1, 0.15) is 0 Å². The van der Waals surface area contributed by atoms with Gasteiger partial charge in [0, 0.05) is 12.1 Å². The highest BCUT2D eigenvalue weighted by atomic mass is 32.1. The van der Waals surface area contributed by atoms with Gasteiger partial charge in [-0.3, -0.25) is 4.99 Å². The molecule has 0 amide bonds. The summed E-state index contributed by atoms with van der Waals surface area (Å²) < 4.78 is 0. The van der Waals surface area contributed by atoms with Crippen molar-refractivity contribution in [1.29, 1.82) is 0 Å². The summed E-state index contributed by atoms with van der Waals surface area (Å²) in [6, 6.07) is 2.12. The molecule has 3 nitrogen and oxygen atoms in total. The minimum absolute atomic E-state index is 0.0179. The van der Waals surface area contributed by atoms with E-state index < -0.39 is 0 Å². The second-order valence-corrected chi connectivity index (χ2v) is 5.30. The fourth-order valence-corrected chi connectivity index (χ4v) is 1.87. The number of nitrogens with zero attached hydrogens (tertiary/aromatic N) is 1. The van der Waals surface area contributed by atoms with Crippen molar-refractivity contribution < 1.29 is 0 Å². The van der Waals surface area contributed by atoms with Crippen molar-refractivity contribution in [2.45, 2.75) is 32.7 Å². The highest BCUT2D eigenvalue weighted by Gasteiger charge is 2.09. The Morgan fingerprint density at radius 2 is 2.27 bits per heavy atom. The SMILES string of the molecule is CC(C)(C)NC(N)=NCCc1ccsc1. The molecule has 0 spiro atoms. The molecular formula is C11H19N3S. The fourth-order valence-electron chi connectivity index (χ4n) is 1.16. The summed E-state index contributed by atoms with van der Waals surface area (Å²) in [4.78, 5) is 4.27. The van der Waals surface area contributed by atoms with Crippen LogP contribution in [0.5, 0.6) is 0 Å². The third-order valence-electron chi connectivity index (χ3n) is 1.77. The van der Waals surface area contributed by atoms with Gasteiger partial charge in [0.2, 0.25) is 0 Å². The number of aliphatic imine (C=N–C) groups is 1. The van der Waals surface area contributed by atoms with Gasteiger partial charge in [-0.1, -0.05) is 0 Å². The van der Waals surface area contributed by atoms with Crippen molar-refractivity contribution >= 4 is 17.3 Å². The summed E-state index contributed by atoms with van der Waals surface area (Å²) in [6.45, 7) is 6.93. The van der Waals surface area contributed by atoms with Gasteiger partial charge in [-0.15, -0.1) is 0 Å². The molecule has 4 heteroatoms. The molecule has 0 bridgehead atoms. The van der Waals surface area contributed by atoms with Crippen molar-refractivity contribution in [1.82, 2.24) is 5.32 Å². The van der Waals surface area contributed by atoms with Crippen LogP contribution >= 0.6 is 11.3 Å². The maximum Gasteiger partial charge on any atom is 0.188 e. The average molecular weight is 225 g/mol. The van der Waals surface area contributed by atoms with Crippen molar-refractivity contribution in [3.63, 3.8) is 0 Å². The van der Waals surface area contributed by atoms with Crippen LogP contribution in [0.4, 0.5) is 0 Å². The van der Waals surface area contributed by atoms with Crippen molar-refractivity contribution in [3.8, 4) is 0 Å². The number of nitrogens with one attached hydrogen (secondary N) is 1. The van der Waals surface area contributed by atoms with E-state index in [1.54, 1.807) is 11.3 Å². The van der Waals surface area contributed by atoms with Crippen molar-refractivity contribution in [2.75, 3.05) is 6.54 Å². The van der Waals surface area contributed by atoms with Crippen LogP contribution in [0.3, 0.4) is 0 Å². The number of hydrogen-bond donors (Lipinski definition) is 2. The van der Waals surface area contributed by atoms with Gasteiger partial charge in [0.25, 0.3) is 0 Å². The van der Waals surface area contributed by atoms with E-state index in [1.165, 1.54) is 5.56 Å². The van der Waals surface area contributed by atoms with Gasteiger partial charge in [-0.05, 0) is 49.6 Å². The first kappa shape index (κ1) is 12.0. The smallest absolute Gasteiger partial charge is 0.188 e. The van der Waals surface area contributed by atoms with E-state index in [-0.39, 0.29) is 5.54 Å². The predicted octanol–water partition coefficient (Wildman–Crippen LogP) is 1.99. The van der Waals surface area contributed by atoms with Gasteiger partial charge >= 0.3 is 0 Å². The fraction of sp³-hybridized carbons (Fsp3) is 0.545. The van der Waals surface area contributed by atoms with Gasteiger partial charge in [-0.25, -0.2) is 0 Å². The summed E-state index contributed by atoms with van der Waals surface area (Å²) in [5.41, 5.74) is 7.05. The first-order valence-electron chi connectivity index (χ1n) is 5.06. The van der Waals surface area contributed by atoms with Crippen LogP contribution in [0.2, 0.25) is 0 Å². The van der Waals surface area contributed by atoms with Gasteiger partial charge in [0.05, 0.1) is 0 Å².